The number of carbonyl (C=O) groups is 2. The summed E-state index contributed by atoms with van der Waals surface area (Å²) in [5.74, 6) is -0.966. The molecule has 1 aromatic carbocycles. The van der Waals surface area contributed by atoms with Gasteiger partial charge in [0, 0.05) is 31.3 Å². The van der Waals surface area contributed by atoms with Crippen molar-refractivity contribution >= 4 is 17.7 Å². The molecule has 2 aliphatic heterocycles. The van der Waals surface area contributed by atoms with Gasteiger partial charge < -0.3 is 20.1 Å². The predicted molar refractivity (Wildman–Crippen MR) is 85.5 cm³/mol. The third kappa shape index (κ3) is 2.91. The number of nitrogens with zero attached hydrogens (tertiary/aromatic N) is 1. The van der Waals surface area contributed by atoms with Gasteiger partial charge in [-0.05, 0) is 43.5 Å². The van der Waals surface area contributed by atoms with Crippen LogP contribution in [-0.4, -0.2) is 48.3 Å². The van der Waals surface area contributed by atoms with E-state index >= 15 is 0 Å². The Labute approximate surface area is 135 Å². The van der Waals surface area contributed by atoms with E-state index in [0.29, 0.717) is 26.2 Å². The van der Waals surface area contributed by atoms with Gasteiger partial charge in [-0.15, -0.1) is 0 Å². The van der Waals surface area contributed by atoms with Gasteiger partial charge in [-0.1, -0.05) is 6.07 Å². The van der Waals surface area contributed by atoms with Crippen molar-refractivity contribution in [2.45, 2.75) is 20.3 Å². The maximum Gasteiger partial charge on any atom is 0.321 e. The summed E-state index contributed by atoms with van der Waals surface area (Å²) in [6.07, 6.45) is 0.459. The molecule has 23 heavy (non-hydrogen) atoms. The van der Waals surface area contributed by atoms with E-state index in [9.17, 15) is 14.7 Å². The monoisotopic (exact) mass is 318 g/mol. The van der Waals surface area contributed by atoms with Gasteiger partial charge in [0.1, 0.15) is 0 Å². The minimum atomic E-state index is -0.863. The first kappa shape index (κ1) is 15.8. The van der Waals surface area contributed by atoms with Crippen LogP contribution in [0, 0.1) is 25.2 Å². The quantitative estimate of drug-likeness (QED) is 0.876. The van der Waals surface area contributed by atoms with E-state index in [-0.39, 0.29) is 18.5 Å². The van der Waals surface area contributed by atoms with Gasteiger partial charge in [0.2, 0.25) is 0 Å². The summed E-state index contributed by atoms with van der Waals surface area (Å²) in [7, 11) is 0. The second-order valence-corrected chi connectivity index (χ2v) is 6.67. The van der Waals surface area contributed by atoms with Crippen molar-refractivity contribution in [2.75, 3.05) is 31.6 Å². The summed E-state index contributed by atoms with van der Waals surface area (Å²) in [4.78, 5) is 25.9. The Bertz CT molecular complexity index is 625. The largest absolute Gasteiger partial charge is 0.481 e. The molecule has 124 valence electrons. The number of fused-ring (bicyclic) bond motifs is 1. The lowest BCUT2D eigenvalue weighted by molar-refractivity contribution is -0.157. The number of amides is 2. The number of benzene rings is 1. The van der Waals surface area contributed by atoms with Crippen LogP contribution < -0.4 is 5.32 Å². The molecule has 0 saturated carbocycles. The van der Waals surface area contributed by atoms with E-state index in [0.717, 1.165) is 16.8 Å². The molecule has 2 N–H and O–H groups in total. The Morgan fingerprint density at radius 2 is 2.00 bits per heavy atom. The maximum atomic E-state index is 12.5. The molecule has 2 amide bonds. The highest BCUT2D eigenvalue weighted by Crippen LogP contribution is 2.42. The number of hydrogen-bond acceptors (Lipinski definition) is 3. The topological polar surface area (TPSA) is 78.9 Å². The van der Waals surface area contributed by atoms with E-state index in [1.807, 2.05) is 32.0 Å². The number of likely N-dealkylation sites (tertiary alicyclic amines) is 1. The number of anilines is 1. The molecule has 2 fully saturated rings. The third-order valence-corrected chi connectivity index (χ3v) is 4.89. The molecule has 2 heterocycles. The Morgan fingerprint density at radius 3 is 2.61 bits per heavy atom. The molecule has 0 bridgehead atoms. The number of nitrogens with one attached hydrogen (secondary N) is 1. The van der Waals surface area contributed by atoms with Gasteiger partial charge in [0.05, 0.1) is 12.0 Å². The summed E-state index contributed by atoms with van der Waals surface area (Å²) in [6, 6.07) is 5.61. The van der Waals surface area contributed by atoms with Crippen LogP contribution in [0.4, 0.5) is 10.5 Å². The first-order valence-corrected chi connectivity index (χ1v) is 7.86. The Morgan fingerprint density at radius 1 is 1.30 bits per heavy atom. The van der Waals surface area contributed by atoms with Gasteiger partial charge >= 0.3 is 12.0 Å². The number of carbonyl (C=O) groups excluding carboxylic acids is 1. The number of carboxylic acid groups (broad SMARTS) is 1. The van der Waals surface area contributed by atoms with Crippen LogP contribution in [0.25, 0.3) is 0 Å². The van der Waals surface area contributed by atoms with Crippen LogP contribution in [0.3, 0.4) is 0 Å². The standard InChI is InChI=1S/C17H22N2O4/c1-11-5-12(2)7-14(6-11)18-16(22)19-8-13-9-23-4-3-17(13,10-19)15(20)21/h5-7,13H,3-4,8-10H2,1-2H3,(H,18,22)(H,20,21)/t13-,17+/m1/s1. The second-order valence-electron chi connectivity index (χ2n) is 6.67. The van der Waals surface area contributed by atoms with Gasteiger partial charge in [-0.2, -0.15) is 0 Å². The fourth-order valence-electron chi connectivity index (χ4n) is 3.70. The van der Waals surface area contributed by atoms with Crippen molar-refractivity contribution < 1.29 is 19.4 Å². The number of urea groups is 1. The SMILES string of the molecule is Cc1cc(C)cc(NC(=O)N2C[C@@H]3COCC[C@]3(C(=O)O)C2)c1. The van der Waals surface area contributed by atoms with E-state index in [1.165, 1.54) is 0 Å². The molecular formula is C17H22N2O4. The normalized spacial score (nSPS) is 26.7. The van der Waals surface area contributed by atoms with E-state index < -0.39 is 11.4 Å². The molecule has 0 radical (unpaired) electrons. The molecule has 2 atom stereocenters. The summed E-state index contributed by atoms with van der Waals surface area (Å²) in [6.45, 7) is 5.46. The molecule has 2 saturated heterocycles. The van der Waals surface area contributed by atoms with Crippen molar-refractivity contribution in [1.29, 1.82) is 0 Å². The van der Waals surface area contributed by atoms with Gasteiger partial charge in [0.15, 0.2) is 0 Å². The Balaban J connectivity index is 1.75. The molecule has 6 heteroatoms. The zero-order valence-corrected chi connectivity index (χ0v) is 13.5. The molecule has 0 aromatic heterocycles. The maximum absolute atomic E-state index is 12.5. The van der Waals surface area contributed by atoms with E-state index in [2.05, 4.69) is 5.32 Å². The van der Waals surface area contributed by atoms with Gasteiger partial charge in [-0.3, -0.25) is 4.79 Å². The average Bonchev–Trinajstić information content (AvgIpc) is 2.87. The lowest BCUT2D eigenvalue weighted by Crippen LogP contribution is -2.45. The predicted octanol–water partition coefficient (Wildman–Crippen LogP) is 2.26. The zero-order valence-electron chi connectivity index (χ0n) is 13.5. The summed E-state index contributed by atoms with van der Waals surface area (Å²) in [5, 5.41) is 12.5. The highest BCUT2D eigenvalue weighted by Gasteiger charge is 2.54. The minimum Gasteiger partial charge on any atom is -0.481 e. The molecule has 0 aliphatic carbocycles. The van der Waals surface area contributed by atoms with Crippen LogP contribution in [0.15, 0.2) is 18.2 Å². The Kier molecular flexibility index (Phi) is 4.02. The van der Waals surface area contributed by atoms with E-state index in [1.54, 1.807) is 4.90 Å². The van der Waals surface area contributed by atoms with Crippen molar-refractivity contribution in [3.05, 3.63) is 29.3 Å². The lowest BCUT2D eigenvalue weighted by atomic mass is 9.74. The van der Waals surface area contributed by atoms with Crippen LogP contribution >= 0.6 is 0 Å². The summed E-state index contributed by atoms with van der Waals surface area (Å²) in [5.41, 5.74) is 2.03. The van der Waals surface area contributed by atoms with Crippen LogP contribution in [0.2, 0.25) is 0 Å². The number of carboxylic acids is 1. The van der Waals surface area contributed by atoms with E-state index in [4.69, 9.17) is 4.74 Å². The molecule has 0 spiro atoms. The minimum absolute atomic E-state index is 0.140. The molecule has 2 aliphatic rings. The van der Waals surface area contributed by atoms with Crippen molar-refractivity contribution in [1.82, 2.24) is 4.90 Å². The lowest BCUT2D eigenvalue weighted by Gasteiger charge is -2.33. The molecule has 0 unspecified atom stereocenters. The second kappa shape index (κ2) is 5.85. The number of hydrogen-bond donors (Lipinski definition) is 2. The smallest absolute Gasteiger partial charge is 0.321 e. The van der Waals surface area contributed by atoms with Gasteiger partial charge in [-0.25, -0.2) is 4.79 Å². The molecule has 3 rings (SSSR count). The Hall–Kier alpha value is -2.08. The van der Waals surface area contributed by atoms with Crippen molar-refractivity contribution in [2.24, 2.45) is 11.3 Å². The molecular weight excluding hydrogens is 296 g/mol. The summed E-state index contributed by atoms with van der Waals surface area (Å²) < 4.78 is 5.41. The first-order valence-electron chi connectivity index (χ1n) is 7.86. The van der Waals surface area contributed by atoms with Crippen LogP contribution in [-0.2, 0) is 9.53 Å². The van der Waals surface area contributed by atoms with Crippen LogP contribution in [0.5, 0.6) is 0 Å². The summed E-state index contributed by atoms with van der Waals surface area (Å²) >= 11 is 0. The average molecular weight is 318 g/mol. The number of aliphatic carboxylic acids is 1. The number of rotatable bonds is 2. The van der Waals surface area contributed by atoms with Crippen molar-refractivity contribution in [3.8, 4) is 0 Å². The number of aryl methyl sites for hydroxylation is 2. The fraction of sp³-hybridized carbons (Fsp3) is 0.529. The third-order valence-electron chi connectivity index (χ3n) is 4.89. The molecule has 1 aromatic rings. The zero-order chi connectivity index (χ0) is 16.6. The fourth-order valence-corrected chi connectivity index (χ4v) is 3.70. The first-order chi connectivity index (χ1) is 10.9. The van der Waals surface area contributed by atoms with Gasteiger partial charge in [0.25, 0.3) is 0 Å². The number of ether oxygens (including phenoxy) is 1. The highest BCUT2D eigenvalue weighted by atomic mass is 16.5. The highest BCUT2D eigenvalue weighted by molar-refractivity contribution is 5.90. The molecule has 6 nitrogen and oxygen atoms in total. The van der Waals surface area contributed by atoms with Crippen LogP contribution in [0.1, 0.15) is 17.5 Å². The van der Waals surface area contributed by atoms with Crippen molar-refractivity contribution in [3.63, 3.8) is 0 Å².